The predicted molar refractivity (Wildman–Crippen MR) is 80.8 cm³/mol. The molecule has 0 atom stereocenters. The van der Waals surface area contributed by atoms with Crippen LogP contribution >= 0.6 is 27.5 Å². The van der Waals surface area contributed by atoms with E-state index in [4.69, 9.17) is 16.3 Å². The number of aromatic amines is 1. The SMILES string of the molecule is COc1cc(Br)c2nc(-c3cccc(Cl)c3)[nH]c2c1. The van der Waals surface area contributed by atoms with Crippen molar-refractivity contribution in [3.8, 4) is 17.1 Å². The number of rotatable bonds is 2. The molecule has 1 heterocycles. The zero-order valence-electron chi connectivity index (χ0n) is 10.1. The number of aromatic nitrogens is 2. The van der Waals surface area contributed by atoms with Crippen LogP contribution in [0.1, 0.15) is 0 Å². The molecule has 5 heteroatoms. The zero-order chi connectivity index (χ0) is 13.4. The Bertz CT molecular complexity index is 754. The first-order valence-corrected chi connectivity index (χ1v) is 6.83. The van der Waals surface area contributed by atoms with Crippen molar-refractivity contribution in [1.29, 1.82) is 0 Å². The van der Waals surface area contributed by atoms with Crippen LogP contribution in [0.4, 0.5) is 0 Å². The molecular weight excluding hydrogens is 328 g/mol. The maximum atomic E-state index is 6.00. The Hall–Kier alpha value is -1.52. The average Bonchev–Trinajstić information content (AvgIpc) is 2.83. The van der Waals surface area contributed by atoms with Crippen molar-refractivity contribution in [3.63, 3.8) is 0 Å². The second-order valence-electron chi connectivity index (χ2n) is 4.10. The molecule has 0 fully saturated rings. The summed E-state index contributed by atoms with van der Waals surface area (Å²) >= 11 is 9.50. The van der Waals surface area contributed by atoms with Gasteiger partial charge in [0, 0.05) is 21.1 Å². The van der Waals surface area contributed by atoms with Crippen LogP contribution in [0.15, 0.2) is 40.9 Å². The summed E-state index contributed by atoms with van der Waals surface area (Å²) < 4.78 is 6.13. The maximum absolute atomic E-state index is 6.00. The number of halogens is 2. The quantitative estimate of drug-likeness (QED) is 0.739. The van der Waals surface area contributed by atoms with E-state index in [0.717, 1.165) is 32.6 Å². The Morgan fingerprint density at radius 2 is 2.11 bits per heavy atom. The number of H-pyrrole nitrogens is 1. The first-order chi connectivity index (χ1) is 9.17. The first-order valence-electron chi connectivity index (χ1n) is 5.66. The van der Waals surface area contributed by atoms with Gasteiger partial charge in [-0.15, -0.1) is 0 Å². The maximum Gasteiger partial charge on any atom is 0.138 e. The van der Waals surface area contributed by atoms with Crippen LogP contribution in [0.25, 0.3) is 22.4 Å². The summed E-state index contributed by atoms with van der Waals surface area (Å²) in [5, 5.41) is 0.689. The highest BCUT2D eigenvalue weighted by atomic mass is 79.9. The number of benzene rings is 2. The molecule has 0 aliphatic heterocycles. The van der Waals surface area contributed by atoms with E-state index in [2.05, 4.69) is 25.9 Å². The van der Waals surface area contributed by atoms with Gasteiger partial charge in [0.1, 0.15) is 17.1 Å². The number of imidazole rings is 1. The summed E-state index contributed by atoms with van der Waals surface area (Å²) in [5.74, 6) is 1.56. The fourth-order valence-electron chi connectivity index (χ4n) is 1.94. The second-order valence-corrected chi connectivity index (χ2v) is 5.39. The normalized spacial score (nSPS) is 10.9. The monoisotopic (exact) mass is 336 g/mol. The van der Waals surface area contributed by atoms with E-state index in [-0.39, 0.29) is 0 Å². The molecule has 0 spiro atoms. The Morgan fingerprint density at radius 1 is 1.26 bits per heavy atom. The van der Waals surface area contributed by atoms with E-state index in [1.165, 1.54) is 0 Å². The molecule has 2 aromatic carbocycles. The van der Waals surface area contributed by atoms with Crippen LogP contribution in [0.3, 0.4) is 0 Å². The van der Waals surface area contributed by atoms with Crippen molar-refractivity contribution in [2.24, 2.45) is 0 Å². The highest BCUT2D eigenvalue weighted by Crippen LogP contribution is 2.30. The lowest BCUT2D eigenvalue weighted by Gasteiger charge is -1.99. The molecule has 0 amide bonds. The van der Waals surface area contributed by atoms with Gasteiger partial charge in [-0.3, -0.25) is 0 Å². The number of fused-ring (bicyclic) bond motifs is 1. The van der Waals surface area contributed by atoms with Gasteiger partial charge in [0.2, 0.25) is 0 Å². The molecule has 0 saturated carbocycles. The number of nitrogens with one attached hydrogen (secondary N) is 1. The van der Waals surface area contributed by atoms with Crippen LogP contribution in [0.2, 0.25) is 5.02 Å². The largest absolute Gasteiger partial charge is 0.497 e. The highest BCUT2D eigenvalue weighted by Gasteiger charge is 2.10. The summed E-state index contributed by atoms with van der Waals surface area (Å²) in [7, 11) is 1.64. The van der Waals surface area contributed by atoms with Crippen molar-refractivity contribution in [1.82, 2.24) is 9.97 Å². The van der Waals surface area contributed by atoms with Crippen LogP contribution < -0.4 is 4.74 Å². The molecule has 0 saturated heterocycles. The van der Waals surface area contributed by atoms with E-state index in [1.54, 1.807) is 7.11 Å². The molecule has 0 aliphatic carbocycles. The zero-order valence-corrected chi connectivity index (χ0v) is 12.4. The van der Waals surface area contributed by atoms with Gasteiger partial charge in [-0.2, -0.15) is 0 Å². The molecule has 96 valence electrons. The number of hydrogen-bond acceptors (Lipinski definition) is 2. The Balaban J connectivity index is 2.19. The van der Waals surface area contributed by atoms with Crippen molar-refractivity contribution >= 4 is 38.6 Å². The minimum atomic E-state index is 0.689. The lowest BCUT2D eigenvalue weighted by Crippen LogP contribution is -1.82. The molecule has 3 rings (SSSR count). The van der Waals surface area contributed by atoms with E-state index in [1.807, 2.05) is 36.4 Å². The number of ether oxygens (including phenoxy) is 1. The lowest BCUT2D eigenvalue weighted by atomic mass is 10.2. The van der Waals surface area contributed by atoms with E-state index in [0.29, 0.717) is 5.02 Å². The van der Waals surface area contributed by atoms with Crippen molar-refractivity contribution in [2.75, 3.05) is 7.11 Å². The fraction of sp³-hybridized carbons (Fsp3) is 0.0714. The standard InChI is InChI=1S/C14H10BrClN2O/c1-19-10-6-11(15)13-12(7-10)17-14(18-13)8-3-2-4-9(16)5-8/h2-7H,1H3,(H,17,18). The minimum Gasteiger partial charge on any atom is -0.497 e. The Morgan fingerprint density at radius 3 is 2.84 bits per heavy atom. The third-order valence-corrected chi connectivity index (χ3v) is 3.69. The van der Waals surface area contributed by atoms with Gasteiger partial charge < -0.3 is 9.72 Å². The summed E-state index contributed by atoms with van der Waals surface area (Å²) in [6, 6.07) is 11.4. The fourth-order valence-corrected chi connectivity index (χ4v) is 2.66. The predicted octanol–water partition coefficient (Wildman–Crippen LogP) is 4.65. The molecule has 19 heavy (non-hydrogen) atoms. The number of methoxy groups -OCH3 is 1. The van der Waals surface area contributed by atoms with Gasteiger partial charge in [-0.25, -0.2) is 4.98 Å². The third kappa shape index (κ3) is 2.33. The van der Waals surface area contributed by atoms with Gasteiger partial charge in [0.05, 0.1) is 12.6 Å². The Labute approximate surface area is 123 Å². The van der Waals surface area contributed by atoms with E-state index in [9.17, 15) is 0 Å². The molecular formula is C14H10BrClN2O. The van der Waals surface area contributed by atoms with Crippen LogP contribution in [0, 0.1) is 0 Å². The average molecular weight is 338 g/mol. The summed E-state index contributed by atoms with van der Waals surface area (Å²) in [6.45, 7) is 0. The smallest absolute Gasteiger partial charge is 0.138 e. The first kappa shape index (κ1) is 12.5. The lowest BCUT2D eigenvalue weighted by molar-refractivity contribution is 0.415. The molecule has 0 bridgehead atoms. The van der Waals surface area contributed by atoms with E-state index >= 15 is 0 Å². The molecule has 3 aromatic rings. The van der Waals surface area contributed by atoms with Gasteiger partial charge >= 0.3 is 0 Å². The molecule has 1 N–H and O–H groups in total. The summed E-state index contributed by atoms with van der Waals surface area (Å²) in [5.41, 5.74) is 2.74. The number of nitrogens with zero attached hydrogens (tertiary/aromatic N) is 1. The molecule has 0 aliphatic rings. The molecule has 3 nitrogen and oxygen atoms in total. The highest BCUT2D eigenvalue weighted by molar-refractivity contribution is 9.10. The minimum absolute atomic E-state index is 0.689. The van der Waals surface area contributed by atoms with Crippen molar-refractivity contribution in [2.45, 2.75) is 0 Å². The second kappa shape index (κ2) is 4.87. The topological polar surface area (TPSA) is 37.9 Å². The summed E-state index contributed by atoms with van der Waals surface area (Å²) in [6.07, 6.45) is 0. The van der Waals surface area contributed by atoms with Crippen molar-refractivity contribution in [3.05, 3.63) is 45.9 Å². The van der Waals surface area contributed by atoms with Crippen LogP contribution in [0.5, 0.6) is 5.75 Å². The Kier molecular flexibility index (Phi) is 3.21. The van der Waals surface area contributed by atoms with Gasteiger partial charge in [-0.1, -0.05) is 23.7 Å². The van der Waals surface area contributed by atoms with Gasteiger partial charge in [0.15, 0.2) is 0 Å². The molecule has 1 aromatic heterocycles. The third-order valence-electron chi connectivity index (χ3n) is 2.85. The summed E-state index contributed by atoms with van der Waals surface area (Å²) in [4.78, 5) is 7.86. The van der Waals surface area contributed by atoms with Crippen molar-refractivity contribution < 1.29 is 4.74 Å². The molecule has 0 unspecified atom stereocenters. The molecule has 0 radical (unpaired) electrons. The van der Waals surface area contributed by atoms with Gasteiger partial charge in [-0.05, 0) is 34.1 Å². The van der Waals surface area contributed by atoms with E-state index < -0.39 is 0 Å². The number of hydrogen-bond donors (Lipinski definition) is 1. The van der Waals surface area contributed by atoms with Gasteiger partial charge in [0.25, 0.3) is 0 Å². The van der Waals surface area contributed by atoms with Crippen LogP contribution in [-0.2, 0) is 0 Å². The van der Waals surface area contributed by atoms with Crippen LogP contribution in [-0.4, -0.2) is 17.1 Å².